The average molecular weight is 410 g/mol. The summed E-state index contributed by atoms with van der Waals surface area (Å²) in [6.45, 7) is 0.709. The molecule has 0 unspecified atom stereocenters. The molecule has 0 radical (unpaired) electrons. The molecule has 31 heavy (non-hydrogen) atoms. The highest BCUT2D eigenvalue weighted by atomic mass is 16.5. The Balaban J connectivity index is 1.58. The number of fused-ring (bicyclic) bond motifs is 2. The molecule has 0 saturated carbocycles. The molecule has 0 spiro atoms. The Labute approximate surface area is 180 Å². The second-order valence-electron chi connectivity index (χ2n) is 7.78. The lowest BCUT2D eigenvalue weighted by molar-refractivity contribution is -0.122. The summed E-state index contributed by atoms with van der Waals surface area (Å²) >= 11 is 0. The number of benzene rings is 3. The normalized spacial score (nSPS) is 17.4. The minimum Gasteiger partial charge on any atom is -0.422 e. The van der Waals surface area contributed by atoms with Gasteiger partial charge in [0, 0.05) is 18.5 Å². The molecule has 0 bridgehead atoms. The van der Waals surface area contributed by atoms with Crippen LogP contribution in [0.4, 0.5) is 0 Å². The van der Waals surface area contributed by atoms with Crippen LogP contribution in [0.3, 0.4) is 0 Å². The number of rotatable bonds is 3. The van der Waals surface area contributed by atoms with Gasteiger partial charge < -0.3 is 4.74 Å². The zero-order valence-corrected chi connectivity index (χ0v) is 17.1. The third-order valence-electron chi connectivity index (χ3n) is 5.73. The van der Waals surface area contributed by atoms with Crippen LogP contribution >= 0.6 is 0 Å². The molecule has 0 atom stereocenters. The van der Waals surface area contributed by atoms with Crippen molar-refractivity contribution in [3.8, 4) is 5.75 Å². The maximum Gasteiger partial charge on any atom is 0.343 e. The number of carbonyl (C=O) groups excluding carboxylic acids is 2. The molecule has 0 aromatic heterocycles. The van der Waals surface area contributed by atoms with Crippen LogP contribution in [0.2, 0.25) is 0 Å². The molecule has 2 aliphatic heterocycles. The Bertz CT molecular complexity index is 1230. The second-order valence-corrected chi connectivity index (χ2v) is 7.78. The van der Waals surface area contributed by atoms with Crippen molar-refractivity contribution < 1.29 is 14.3 Å². The molecule has 2 aliphatic rings. The summed E-state index contributed by atoms with van der Waals surface area (Å²) in [5.74, 6) is 0.741. The van der Waals surface area contributed by atoms with Gasteiger partial charge in [-0.25, -0.2) is 9.79 Å². The molecule has 154 valence electrons. The fraction of sp³-hybridized carbons (Fsp3) is 0.192. The topological polar surface area (TPSA) is 59.0 Å². The van der Waals surface area contributed by atoms with Gasteiger partial charge in [-0.15, -0.1) is 0 Å². The van der Waals surface area contributed by atoms with E-state index in [2.05, 4.69) is 4.99 Å². The van der Waals surface area contributed by atoms with Crippen LogP contribution in [0.1, 0.15) is 41.6 Å². The highest BCUT2D eigenvalue weighted by Crippen LogP contribution is 2.33. The number of amides is 1. The summed E-state index contributed by atoms with van der Waals surface area (Å²) in [6, 6.07) is 20.4. The number of hydrogen-bond donors (Lipinski definition) is 0. The van der Waals surface area contributed by atoms with E-state index in [9.17, 15) is 9.59 Å². The molecule has 2 heterocycles. The summed E-state index contributed by atoms with van der Waals surface area (Å²) in [6.07, 6.45) is 5.73. The van der Waals surface area contributed by atoms with Crippen LogP contribution in [0.5, 0.6) is 5.75 Å². The maximum atomic E-state index is 13.0. The molecule has 5 heteroatoms. The van der Waals surface area contributed by atoms with Gasteiger partial charge in [0.1, 0.15) is 17.3 Å². The zero-order chi connectivity index (χ0) is 21.2. The third-order valence-corrected chi connectivity index (χ3v) is 5.73. The Morgan fingerprint density at radius 3 is 2.61 bits per heavy atom. The van der Waals surface area contributed by atoms with E-state index in [0.29, 0.717) is 29.1 Å². The van der Waals surface area contributed by atoms with E-state index in [1.165, 1.54) is 0 Å². The van der Waals surface area contributed by atoms with E-state index < -0.39 is 5.97 Å². The quantitative estimate of drug-likeness (QED) is 0.338. The Morgan fingerprint density at radius 1 is 0.935 bits per heavy atom. The number of nitrogens with zero attached hydrogens (tertiary/aromatic N) is 2. The molecule has 3 aromatic rings. The summed E-state index contributed by atoms with van der Waals surface area (Å²) in [7, 11) is 0. The van der Waals surface area contributed by atoms with Gasteiger partial charge in [0.15, 0.2) is 0 Å². The van der Waals surface area contributed by atoms with Gasteiger partial charge in [-0.1, -0.05) is 55.0 Å². The monoisotopic (exact) mass is 410 g/mol. The SMILES string of the molecule is O=C(Oc1ccc2ccccc2c1C=C1N=C2CCCCCN2C1=O)c1ccccc1. The van der Waals surface area contributed by atoms with Crippen LogP contribution in [0.25, 0.3) is 16.8 Å². The standard InChI is InChI=1S/C26H22N2O3/c29-25-22(27-24-13-5-2-8-16-28(24)25)17-21-20-12-7-6-9-18(20)14-15-23(21)31-26(30)19-10-3-1-4-11-19/h1,3-4,6-7,9-12,14-15,17H,2,5,8,13,16H2. The summed E-state index contributed by atoms with van der Waals surface area (Å²) in [5, 5.41) is 1.91. The number of amidine groups is 1. The molecule has 5 nitrogen and oxygen atoms in total. The van der Waals surface area contributed by atoms with Gasteiger partial charge in [0.2, 0.25) is 0 Å². The largest absolute Gasteiger partial charge is 0.422 e. The highest BCUT2D eigenvalue weighted by molar-refractivity contribution is 6.15. The van der Waals surface area contributed by atoms with Crippen molar-refractivity contribution in [2.45, 2.75) is 25.7 Å². The number of aliphatic imine (C=N–C) groups is 1. The Morgan fingerprint density at radius 2 is 1.74 bits per heavy atom. The van der Waals surface area contributed by atoms with Crippen molar-refractivity contribution in [2.24, 2.45) is 4.99 Å². The number of esters is 1. The average Bonchev–Trinajstić information content (AvgIpc) is 2.96. The van der Waals surface area contributed by atoms with Gasteiger partial charge in [0.05, 0.1) is 5.56 Å². The fourth-order valence-electron chi connectivity index (χ4n) is 4.13. The van der Waals surface area contributed by atoms with Gasteiger partial charge in [-0.05, 0) is 47.9 Å². The van der Waals surface area contributed by atoms with Gasteiger partial charge in [0.25, 0.3) is 5.91 Å². The molecule has 1 saturated heterocycles. The van der Waals surface area contributed by atoms with Crippen LogP contribution < -0.4 is 4.74 Å². The minimum absolute atomic E-state index is 0.0785. The van der Waals surface area contributed by atoms with Gasteiger partial charge in [-0.2, -0.15) is 0 Å². The van der Waals surface area contributed by atoms with Gasteiger partial charge >= 0.3 is 5.97 Å². The number of hydrogen-bond acceptors (Lipinski definition) is 4. The van der Waals surface area contributed by atoms with E-state index in [1.807, 2.05) is 36.4 Å². The first kappa shape index (κ1) is 19.2. The second kappa shape index (κ2) is 8.19. The number of ether oxygens (including phenoxy) is 1. The van der Waals surface area contributed by atoms with Crippen molar-refractivity contribution in [3.63, 3.8) is 0 Å². The van der Waals surface area contributed by atoms with Crippen molar-refractivity contribution in [1.82, 2.24) is 4.90 Å². The van der Waals surface area contributed by atoms with Crippen LogP contribution in [0, 0.1) is 0 Å². The van der Waals surface area contributed by atoms with Gasteiger partial charge in [-0.3, -0.25) is 9.69 Å². The molecule has 0 aliphatic carbocycles. The number of carbonyl (C=O) groups is 2. The maximum absolute atomic E-state index is 13.0. The molecule has 3 aromatic carbocycles. The van der Waals surface area contributed by atoms with E-state index in [4.69, 9.17) is 4.74 Å². The van der Waals surface area contributed by atoms with Crippen molar-refractivity contribution in [2.75, 3.05) is 6.54 Å². The molecule has 0 N–H and O–H groups in total. The van der Waals surface area contributed by atoms with E-state index in [0.717, 1.165) is 42.3 Å². The Hall–Kier alpha value is -3.73. The van der Waals surface area contributed by atoms with Crippen LogP contribution in [-0.4, -0.2) is 29.2 Å². The molecule has 5 rings (SSSR count). The zero-order valence-electron chi connectivity index (χ0n) is 17.1. The predicted molar refractivity (Wildman–Crippen MR) is 121 cm³/mol. The molecule has 1 amide bonds. The van der Waals surface area contributed by atoms with E-state index in [1.54, 1.807) is 41.3 Å². The van der Waals surface area contributed by atoms with Crippen molar-refractivity contribution >= 4 is 34.6 Å². The third kappa shape index (κ3) is 3.75. The van der Waals surface area contributed by atoms with Crippen molar-refractivity contribution in [3.05, 3.63) is 83.6 Å². The first-order valence-electron chi connectivity index (χ1n) is 10.6. The lowest BCUT2D eigenvalue weighted by atomic mass is 10.0. The van der Waals surface area contributed by atoms with Crippen LogP contribution in [0.15, 0.2) is 77.4 Å². The molecule has 1 fully saturated rings. The highest BCUT2D eigenvalue weighted by Gasteiger charge is 2.31. The Kier molecular flexibility index (Phi) is 5.08. The lowest BCUT2D eigenvalue weighted by Gasteiger charge is -2.14. The summed E-state index contributed by atoms with van der Waals surface area (Å²) < 4.78 is 5.77. The first-order valence-corrected chi connectivity index (χ1v) is 10.6. The van der Waals surface area contributed by atoms with Crippen LogP contribution in [-0.2, 0) is 4.79 Å². The summed E-state index contributed by atoms with van der Waals surface area (Å²) in [5.41, 5.74) is 1.55. The molecular weight excluding hydrogens is 388 g/mol. The summed E-state index contributed by atoms with van der Waals surface area (Å²) in [4.78, 5) is 32.2. The van der Waals surface area contributed by atoms with Crippen molar-refractivity contribution in [1.29, 1.82) is 0 Å². The minimum atomic E-state index is -0.437. The smallest absolute Gasteiger partial charge is 0.343 e. The predicted octanol–water partition coefficient (Wildman–Crippen LogP) is 5.21. The lowest BCUT2D eigenvalue weighted by Crippen LogP contribution is -2.31. The fourth-order valence-corrected chi connectivity index (χ4v) is 4.13. The molecular formula is C26H22N2O3. The first-order chi connectivity index (χ1) is 15.2. The van der Waals surface area contributed by atoms with E-state index >= 15 is 0 Å². The van der Waals surface area contributed by atoms with E-state index in [-0.39, 0.29) is 5.91 Å².